The third-order valence-corrected chi connectivity index (χ3v) is 13.1. The van der Waals surface area contributed by atoms with Crippen LogP contribution in [0.15, 0.2) is 218 Å². The molecule has 1 spiro atoms. The van der Waals surface area contributed by atoms with Gasteiger partial charge in [-0.3, -0.25) is 4.57 Å². The van der Waals surface area contributed by atoms with Crippen LogP contribution in [0, 0.1) is 0 Å². The Labute approximate surface area is 359 Å². The largest absolute Gasteiger partial charge is 0.292 e. The van der Waals surface area contributed by atoms with Crippen molar-refractivity contribution in [3.05, 3.63) is 241 Å². The van der Waals surface area contributed by atoms with Gasteiger partial charge in [0, 0.05) is 22.4 Å². The lowest BCUT2D eigenvalue weighted by molar-refractivity contribution is 0.792. The summed E-state index contributed by atoms with van der Waals surface area (Å²) in [6, 6.07) is 78.4. The van der Waals surface area contributed by atoms with Crippen molar-refractivity contribution in [2.24, 2.45) is 0 Å². The second-order valence-electron chi connectivity index (χ2n) is 16.3. The van der Waals surface area contributed by atoms with Gasteiger partial charge >= 0.3 is 0 Å². The van der Waals surface area contributed by atoms with Crippen LogP contribution in [0.1, 0.15) is 22.3 Å². The van der Waals surface area contributed by atoms with Crippen LogP contribution in [0.4, 0.5) is 0 Å². The molecule has 9 aromatic carbocycles. The van der Waals surface area contributed by atoms with Crippen LogP contribution in [0.3, 0.4) is 0 Å². The third-order valence-electron chi connectivity index (χ3n) is 13.1. The lowest BCUT2D eigenvalue weighted by Gasteiger charge is -2.30. The van der Waals surface area contributed by atoms with Gasteiger partial charge in [-0.2, -0.15) is 0 Å². The average Bonchev–Trinajstić information content (AvgIpc) is 3.98. The summed E-state index contributed by atoms with van der Waals surface area (Å²) in [6.45, 7) is 0. The van der Waals surface area contributed by atoms with E-state index in [1.54, 1.807) is 0 Å². The van der Waals surface area contributed by atoms with Gasteiger partial charge in [0.2, 0.25) is 0 Å². The highest BCUT2D eigenvalue weighted by Crippen LogP contribution is 2.63. The molecule has 0 atom stereocenters. The van der Waals surface area contributed by atoms with Crippen molar-refractivity contribution in [1.29, 1.82) is 0 Å². The van der Waals surface area contributed by atoms with E-state index in [2.05, 4.69) is 180 Å². The maximum absolute atomic E-state index is 5.31. The molecule has 4 nitrogen and oxygen atoms in total. The zero-order valence-electron chi connectivity index (χ0n) is 33.6. The molecule has 0 bridgehead atoms. The molecule has 0 fully saturated rings. The topological polar surface area (TPSA) is 43.6 Å². The SMILES string of the molecule is c1ccc(-c2nc3ccccc3nc2-c2ccc(-c3ccc(-c4nc5ccccc5n4-c4ccc5c(c4)C4(c6ccccc6-c6ccccc64)c4ccccc4-5)cc3)cc2)cc1. The fraction of sp³-hybridized carbons (Fsp3) is 0.0172. The van der Waals surface area contributed by atoms with Crippen LogP contribution in [0.25, 0.3) is 95.0 Å². The maximum atomic E-state index is 5.31. The van der Waals surface area contributed by atoms with Gasteiger partial charge in [0.1, 0.15) is 5.82 Å². The first-order chi connectivity index (χ1) is 30.7. The van der Waals surface area contributed by atoms with E-state index in [9.17, 15) is 0 Å². The molecule has 2 heterocycles. The van der Waals surface area contributed by atoms with Gasteiger partial charge < -0.3 is 0 Å². The number of aromatic nitrogens is 4. The van der Waals surface area contributed by atoms with Gasteiger partial charge in [0.05, 0.1) is 38.9 Å². The Bertz CT molecular complexity index is 3500. The lowest BCUT2D eigenvalue weighted by Crippen LogP contribution is -2.26. The predicted molar refractivity (Wildman–Crippen MR) is 252 cm³/mol. The summed E-state index contributed by atoms with van der Waals surface area (Å²) in [4.78, 5) is 15.5. The number of nitrogens with zero attached hydrogens (tertiary/aromatic N) is 4. The molecule has 62 heavy (non-hydrogen) atoms. The van der Waals surface area contributed by atoms with E-state index in [4.69, 9.17) is 15.0 Å². The maximum Gasteiger partial charge on any atom is 0.145 e. The minimum absolute atomic E-state index is 0.424. The van der Waals surface area contributed by atoms with E-state index in [0.29, 0.717) is 0 Å². The molecule has 2 aromatic heterocycles. The van der Waals surface area contributed by atoms with Crippen LogP contribution in [0.2, 0.25) is 0 Å². The summed E-state index contributed by atoms with van der Waals surface area (Å²) >= 11 is 0. The monoisotopic (exact) mass is 788 g/mol. The number of hydrogen-bond acceptors (Lipinski definition) is 3. The van der Waals surface area contributed by atoms with E-state index in [1.165, 1.54) is 44.5 Å². The molecule has 0 unspecified atom stereocenters. The van der Waals surface area contributed by atoms with Gasteiger partial charge in [0.15, 0.2) is 0 Å². The van der Waals surface area contributed by atoms with Crippen molar-refractivity contribution in [1.82, 2.24) is 19.5 Å². The smallest absolute Gasteiger partial charge is 0.145 e. The van der Waals surface area contributed by atoms with Crippen molar-refractivity contribution < 1.29 is 0 Å². The van der Waals surface area contributed by atoms with E-state index in [1.807, 2.05) is 42.5 Å². The molecule has 2 aliphatic carbocycles. The molecule has 0 saturated heterocycles. The molecule has 0 saturated carbocycles. The van der Waals surface area contributed by atoms with Crippen LogP contribution in [0.5, 0.6) is 0 Å². The first kappa shape index (κ1) is 34.6. The highest BCUT2D eigenvalue weighted by Gasteiger charge is 2.51. The molecule has 13 rings (SSSR count). The molecule has 0 aliphatic heterocycles. The highest BCUT2D eigenvalue weighted by atomic mass is 15.1. The molecule has 2 aliphatic rings. The normalized spacial score (nSPS) is 13.0. The van der Waals surface area contributed by atoms with Gasteiger partial charge in [-0.1, -0.05) is 182 Å². The molecule has 0 amide bonds. The average molecular weight is 789 g/mol. The number of para-hydroxylation sites is 4. The van der Waals surface area contributed by atoms with Crippen molar-refractivity contribution in [3.63, 3.8) is 0 Å². The molecular weight excluding hydrogens is 753 g/mol. The Morgan fingerprint density at radius 3 is 1.32 bits per heavy atom. The van der Waals surface area contributed by atoms with E-state index >= 15 is 0 Å². The highest BCUT2D eigenvalue weighted by molar-refractivity contribution is 5.96. The van der Waals surface area contributed by atoms with Crippen LogP contribution >= 0.6 is 0 Å². The summed E-state index contributed by atoms with van der Waals surface area (Å²) in [5.41, 5.74) is 22.1. The van der Waals surface area contributed by atoms with Crippen molar-refractivity contribution in [2.45, 2.75) is 5.41 Å². The van der Waals surface area contributed by atoms with Gasteiger partial charge in [0.25, 0.3) is 0 Å². The minimum atomic E-state index is -0.424. The fourth-order valence-corrected chi connectivity index (χ4v) is 10.3. The summed E-state index contributed by atoms with van der Waals surface area (Å²) in [5, 5.41) is 0. The van der Waals surface area contributed by atoms with E-state index in [-0.39, 0.29) is 0 Å². The fourth-order valence-electron chi connectivity index (χ4n) is 10.3. The first-order valence-corrected chi connectivity index (χ1v) is 21.2. The second kappa shape index (κ2) is 13.4. The molecule has 0 N–H and O–H groups in total. The Morgan fingerprint density at radius 1 is 0.306 bits per heavy atom. The van der Waals surface area contributed by atoms with Gasteiger partial charge in [-0.25, -0.2) is 15.0 Å². The molecular formula is C58H36N4. The van der Waals surface area contributed by atoms with E-state index in [0.717, 1.165) is 72.8 Å². The quantitative estimate of drug-likeness (QED) is 0.174. The summed E-state index contributed by atoms with van der Waals surface area (Å²) in [5.74, 6) is 0.910. The van der Waals surface area contributed by atoms with Crippen LogP contribution in [-0.2, 0) is 5.41 Å². The van der Waals surface area contributed by atoms with Crippen LogP contribution < -0.4 is 0 Å². The molecule has 288 valence electrons. The molecule has 11 aromatic rings. The summed E-state index contributed by atoms with van der Waals surface area (Å²) < 4.78 is 2.35. The van der Waals surface area contributed by atoms with Gasteiger partial charge in [-0.15, -0.1) is 0 Å². The summed E-state index contributed by atoms with van der Waals surface area (Å²) in [6.07, 6.45) is 0. The number of fused-ring (bicyclic) bond motifs is 12. The third kappa shape index (κ3) is 4.98. The zero-order chi connectivity index (χ0) is 40.8. The number of hydrogen-bond donors (Lipinski definition) is 0. The van der Waals surface area contributed by atoms with Crippen molar-refractivity contribution in [2.75, 3.05) is 0 Å². The predicted octanol–water partition coefficient (Wildman–Crippen LogP) is 14.0. The van der Waals surface area contributed by atoms with Crippen LogP contribution in [-0.4, -0.2) is 19.5 Å². The molecule has 0 radical (unpaired) electrons. The van der Waals surface area contributed by atoms with Crippen molar-refractivity contribution >= 4 is 22.1 Å². The zero-order valence-corrected chi connectivity index (χ0v) is 33.6. The summed E-state index contributed by atoms with van der Waals surface area (Å²) in [7, 11) is 0. The molecule has 4 heteroatoms. The Balaban J connectivity index is 0.909. The van der Waals surface area contributed by atoms with Crippen molar-refractivity contribution in [3.8, 4) is 73.0 Å². The number of imidazole rings is 1. The first-order valence-electron chi connectivity index (χ1n) is 21.2. The Morgan fingerprint density at radius 2 is 0.742 bits per heavy atom. The van der Waals surface area contributed by atoms with E-state index < -0.39 is 5.41 Å². The second-order valence-corrected chi connectivity index (χ2v) is 16.3. The lowest BCUT2D eigenvalue weighted by atomic mass is 9.70. The number of rotatable bonds is 5. The number of benzene rings is 9. The minimum Gasteiger partial charge on any atom is -0.292 e. The Hall–Kier alpha value is -8.21. The standard InChI is InChI=1S/C58H36N4/c1-2-14-39(15-3-1)55-56(60-52-23-11-10-22-51(52)59-55)40-30-26-37(27-31-40)38-28-32-41(33-29-38)57-61-53-24-12-13-25-54(53)62(57)42-34-35-46-45-18-6-9-21-49(45)58(50(46)36-42)47-19-7-4-16-43(47)44-17-5-8-20-48(44)58/h1-36H. The Kier molecular flexibility index (Phi) is 7.49. The van der Waals surface area contributed by atoms with Gasteiger partial charge in [-0.05, 0) is 92.0 Å².